The van der Waals surface area contributed by atoms with Crippen LogP contribution in [0.15, 0.2) is 109 Å². The second-order valence-corrected chi connectivity index (χ2v) is 20.9. The van der Waals surface area contributed by atoms with Crippen molar-refractivity contribution in [1.82, 2.24) is 3.11 Å². The summed E-state index contributed by atoms with van der Waals surface area (Å²) in [7, 11) is 0. The van der Waals surface area contributed by atoms with E-state index >= 15 is 0 Å². The molecule has 81 heavy (non-hydrogen) atoms. The van der Waals surface area contributed by atoms with E-state index in [0.717, 1.165) is 28.1 Å². The summed E-state index contributed by atoms with van der Waals surface area (Å²) >= 11 is 5.50. The van der Waals surface area contributed by atoms with Crippen molar-refractivity contribution in [3.63, 3.8) is 0 Å². The molecule has 0 aliphatic carbocycles. The molecular weight excluding hydrogens is 1410 g/mol. The predicted octanol–water partition coefficient (Wildman–Crippen LogP) is 10.8. The lowest BCUT2D eigenvalue weighted by atomic mass is 10.2. The number of hydrogen-bond acceptors (Lipinski definition) is 14. The monoisotopic (exact) mass is 1470 g/mol. The first-order valence-electron chi connectivity index (χ1n) is 24.9. The summed E-state index contributed by atoms with van der Waals surface area (Å²) < 4.78 is 90.5. The van der Waals surface area contributed by atoms with Crippen LogP contribution in [0.25, 0.3) is 0 Å². The Morgan fingerprint density at radius 1 is 0.617 bits per heavy atom. The van der Waals surface area contributed by atoms with Gasteiger partial charge in [-0.05, 0) is 155 Å². The Kier molecular flexibility index (Phi) is 28.7. The Hall–Kier alpha value is -5.96. The normalized spacial score (nSPS) is 18.3. The number of nitrogen functional groups attached to an aromatic ring is 1. The number of anilines is 4. The standard InChI is InChI=1S/C11H11FINO2.C10H9FINO3.C10H10FNO3.C7H7F.C7H12O3.C6H6FN.C4H4INO2/c1-2-8-6-14(11(15)16-8)7-3-4-10(13)9(12)5-7;11-8-3-6(1-2-9(8)12)13-4-7(5-14)16-10(13)15;11-7-2-1-3-8(4-7)12-5-9(6-13)15-10(12)14;1-6-3-2-4-7(8)5-6;1-2-3-7(8)10-5-6-4-9-6;7-5-2-1-3-6(8)4-5;5-6-3(7)1-2-4(6)8/h3-5,8H,2,6H2,1H3;1-3,7,14H,4-5H2;1-4,9,13H,5-6H2;2-5H,1H3;6H,2-5H2,1H3;1-4H,8H2;1-2H2/t8-;7-;9-;;;;/m011..../s1. The lowest BCUT2D eigenvalue weighted by Gasteiger charge is -2.13. The number of benzene rings is 5. The number of nitrogens with two attached hydrogens (primary N) is 1. The minimum atomic E-state index is -0.556. The summed E-state index contributed by atoms with van der Waals surface area (Å²) in [6.07, 6.45) is 0.466. The van der Waals surface area contributed by atoms with E-state index in [2.05, 4.69) is 0 Å². The molecule has 18 nitrogen and oxygen atoms in total. The number of rotatable bonds is 10. The zero-order valence-corrected chi connectivity index (χ0v) is 50.4. The third kappa shape index (κ3) is 23.4. The van der Waals surface area contributed by atoms with Gasteiger partial charge < -0.3 is 39.6 Å². The molecule has 0 saturated carbocycles. The molecule has 0 bridgehead atoms. The summed E-state index contributed by atoms with van der Waals surface area (Å²) in [6, 6.07) is 27.3. The van der Waals surface area contributed by atoms with Gasteiger partial charge in [0.1, 0.15) is 60.1 Å². The van der Waals surface area contributed by atoms with Crippen LogP contribution in [0.1, 0.15) is 51.5 Å². The molecule has 0 radical (unpaired) electrons. The number of nitrogens with zero attached hydrogens (tertiary/aromatic N) is 4. The van der Waals surface area contributed by atoms with Crippen molar-refractivity contribution in [3.05, 3.63) is 151 Å². The number of cyclic esters (lactones) is 3. The molecule has 5 heterocycles. The van der Waals surface area contributed by atoms with Crippen molar-refractivity contribution >= 4 is 127 Å². The molecule has 4 N–H and O–H groups in total. The zero-order chi connectivity index (χ0) is 59.8. The van der Waals surface area contributed by atoms with Gasteiger partial charge in [0.15, 0.2) is 0 Å². The highest BCUT2D eigenvalue weighted by Gasteiger charge is 2.34. The molecule has 5 fully saturated rings. The second-order valence-electron chi connectivity index (χ2n) is 17.6. The van der Waals surface area contributed by atoms with Crippen molar-refractivity contribution < 1.29 is 84.6 Å². The second kappa shape index (κ2) is 34.5. The lowest BCUT2D eigenvalue weighted by Crippen LogP contribution is -2.25. The van der Waals surface area contributed by atoms with E-state index in [1.54, 1.807) is 71.4 Å². The molecule has 1 unspecified atom stereocenters. The molecular formula is C55H59F5I3N5O13. The van der Waals surface area contributed by atoms with Gasteiger partial charge in [-0.2, -0.15) is 0 Å². The molecule has 5 aromatic rings. The molecule has 10 rings (SSSR count). The highest BCUT2D eigenvalue weighted by atomic mass is 127. The van der Waals surface area contributed by atoms with Gasteiger partial charge in [-0.1, -0.05) is 38.1 Å². The topological polar surface area (TPSA) is 231 Å². The number of esters is 1. The van der Waals surface area contributed by atoms with Crippen molar-refractivity contribution in [3.8, 4) is 0 Å². The SMILES string of the molecule is CCCC(=O)OCC1CO1.CC[C@H]1CN(c2ccc(I)c(F)c2)C(=O)O1.Cc1cccc(F)c1.Nc1cccc(F)c1.O=C1CCC(=O)N1I.O=C1O[C@@H](CO)CN1c1ccc(I)c(F)c1.O=C1O[C@@H](CO)CN1c1cccc(F)c1. The summed E-state index contributed by atoms with van der Waals surface area (Å²) in [5.74, 6) is -1.81. The number of aryl methyl sites for hydroxylation is 1. The van der Waals surface area contributed by atoms with Crippen molar-refractivity contribution in [1.29, 1.82) is 0 Å². The number of hydrogen-bond donors (Lipinski definition) is 3. The molecule has 5 aromatic carbocycles. The van der Waals surface area contributed by atoms with Crippen LogP contribution in [-0.4, -0.2) is 120 Å². The van der Waals surface area contributed by atoms with Gasteiger partial charge >= 0.3 is 24.2 Å². The number of carbonyl (C=O) groups excluding carboxylic acids is 6. The quantitative estimate of drug-likeness (QED) is 0.0173. The van der Waals surface area contributed by atoms with Gasteiger partial charge in [0.05, 0.1) is 79.4 Å². The first kappa shape index (κ1) is 67.5. The lowest BCUT2D eigenvalue weighted by molar-refractivity contribution is -0.144. The Bertz CT molecular complexity index is 2740. The molecule has 0 spiro atoms. The van der Waals surface area contributed by atoms with Crippen LogP contribution in [0.2, 0.25) is 0 Å². The fourth-order valence-electron chi connectivity index (χ4n) is 6.84. The molecule has 5 amide bonds. The van der Waals surface area contributed by atoms with Gasteiger partial charge in [0.2, 0.25) is 11.8 Å². The summed E-state index contributed by atoms with van der Waals surface area (Å²) in [5.41, 5.74) is 8.08. The van der Waals surface area contributed by atoms with Crippen LogP contribution < -0.4 is 20.4 Å². The van der Waals surface area contributed by atoms with Crippen molar-refractivity contribution in [2.24, 2.45) is 0 Å². The molecule has 4 atom stereocenters. The number of imide groups is 1. The molecule has 5 aliphatic rings. The van der Waals surface area contributed by atoms with Crippen molar-refractivity contribution in [2.75, 3.05) is 66.5 Å². The average molecular weight is 1470 g/mol. The van der Waals surface area contributed by atoms with Crippen molar-refractivity contribution in [2.45, 2.75) is 77.3 Å². The Balaban J connectivity index is 0.000000207. The van der Waals surface area contributed by atoms with Crippen LogP contribution in [0.3, 0.4) is 0 Å². The predicted molar refractivity (Wildman–Crippen MR) is 315 cm³/mol. The third-order valence-corrected chi connectivity index (χ3v) is 14.0. The Morgan fingerprint density at radius 2 is 1.05 bits per heavy atom. The van der Waals surface area contributed by atoms with Crippen LogP contribution >= 0.6 is 68.0 Å². The van der Waals surface area contributed by atoms with Gasteiger partial charge in [0.25, 0.3) is 0 Å². The van der Waals surface area contributed by atoms with E-state index in [4.69, 9.17) is 39.6 Å². The number of carbonyl (C=O) groups is 6. The molecule has 5 aliphatic heterocycles. The van der Waals surface area contributed by atoms with E-state index in [1.807, 2.05) is 72.0 Å². The fraction of sp³-hybridized carbons (Fsp3) is 0.345. The number of aliphatic hydroxyl groups is 2. The largest absolute Gasteiger partial charge is 0.463 e. The van der Waals surface area contributed by atoms with Gasteiger partial charge in [-0.15, -0.1) is 0 Å². The highest BCUT2D eigenvalue weighted by molar-refractivity contribution is 14.1. The van der Waals surface area contributed by atoms with Crippen LogP contribution in [0.5, 0.6) is 0 Å². The van der Waals surface area contributed by atoms with E-state index in [1.165, 1.54) is 69.3 Å². The molecule has 26 heteroatoms. The average Bonchev–Trinajstić information content (AvgIpc) is 3.76. The minimum Gasteiger partial charge on any atom is -0.463 e. The zero-order valence-electron chi connectivity index (χ0n) is 44.0. The number of ether oxygens (including phenoxy) is 5. The Labute approximate surface area is 505 Å². The van der Waals surface area contributed by atoms with Gasteiger partial charge in [0, 0.05) is 32.1 Å². The molecule has 0 aromatic heterocycles. The van der Waals surface area contributed by atoms with Crippen LogP contribution in [-0.2, 0) is 38.1 Å². The molecule has 5 saturated heterocycles. The smallest absolute Gasteiger partial charge is 0.414 e. The van der Waals surface area contributed by atoms with E-state index in [0.29, 0.717) is 62.3 Å². The van der Waals surface area contributed by atoms with Gasteiger partial charge in [-0.25, -0.2) is 39.4 Å². The number of amides is 5. The van der Waals surface area contributed by atoms with Crippen LogP contribution in [0, 0.1) is 43.2 Å². The highest BCUT2D eigenvalue weighted by Crippen LogP contribution is 2.27. The fourth-order valence-corrected chi connectivity index (χ4v) is 7.99. The maximum Gasteiger partial charge on any atom is 0.414 e. The van der Waals surface area contributed by atoms with Gasteiger partial charge in [-0.3, -0.25) is 29.1 Å². The van der Waals surface area contributed by atoms with Crippen LogP contribution in [0.4, 0.5) is 59.1 Å². The Morgan fingerprint density at radius 3 is 1.37 bits per heavy atom. The number of aliphatic hydroxyl groups excluding tert-OH is 2. The maximum absolute atomic E-state index is 13.4. The minimum absolute atomic E-state index is 0.0735. The third-order valence-electron chi connectivity index (χ3n) is 11.1. The molecule has 438 valence electrons. The summed E-state index contributed by atoms with van der Waals surface area (Å²) in [5, 5.41) is 17.7. The maximum atomic E-state index is 13.4. The summed E-state index contributed by atoms with van der Waals surface area (Å²) in [4.78, 5) is 70.0. The first-order chi connectivity index (χ1) is 38.5. The van der Waals surface area contributed by atoms with E-state index in [-0.39, 0.29) is 79.6 Å². The number of epoxide rings is 1. The number of halogens is 8. The summed E-state index contributed by atoms with van der Waals surface area (Å²) in [6.45, 7) is 7.50. The van der Waals surface area contributed by atoms with E-state index < -0.39 is 36.3 Å². The van der Waals surface area contributed by atoms with E-state index in [9.17, 15) is 50.7 Å². The first-order valence-corrected chi connectivity index (χ1v) is 28.0.